The third-order valence-electron chi connectivity index (χ3n) is 4.82. The summed E-state index contributed by atoms with van der Waals surface area (Å²) in [7, 11) is 0. The van der Waals surface area contributed by atoms with Gasteiger partial charge in [0.25, 0.3) is 17.7 Å². The Morgan fingerprint density at radius 2 is 1.78 bits per heavy atom. The van der Waals surface area contributed by atoms with Crippen LogP contribution in [0.4, 0.5) is 0 Å². The number of rotatable bonds is 3. The van der Waals surface area contributed by atoms with E-state index in [-0.39, 0.29) is 36.1 Å². The Morgan fingerprint density at radius 3 is 2.44 bits per heavy atom. The third-order valence-corrected chi connectivity index (χ3v) is 4.82. The summed E-state index contributed by atoms with van der Waals surface area (Å²) in [6.07, 6.45) is 1.41. The Morgan fingerprint density at radius 1 is 1.07 bits per heavy atom. The average Bonchev–Trinajstić information content (AvgIpc) is 3.23. The van der Waals surface area contributed by atoms with Crippen LogP contribution < -0.4 is 0 Å². The van der Waals surface area contributed by atoms with Crippen LogP contribution in [0.15, 0.2) is 41.0 Å². The van der Waals surface area contributed by atoms with Crippen LogP contribution in [0.5, 0.6) is 0 Å². The minimum Gasteiger partial charge on any atom is -0.467 e. The largest absolute Gasteiger partial charge is 0.467 e. The van der Waals surface area contributed by atoms with Crippen molar-refractivity contribution in [3.05, 3.63) is 59.0 Å². The predicted octanol–water partition coefficient (Wildman–Crippen LogP) is 2.33. The fourth-order valence-electron chi connectivity index (χ4n) is 3.65. The summed E-state index contributed by atoms with van der Waals surface area (Å²) in [5, 5.41) is 0. The Hall–Kier alpha value is -2.93. The van der Waals surface area contributed by atoms with Crippen LogP contribution in [0.3, 0.4) is 0 Å². The van der Waals surface area contributed by atoms with Crippen LogP contribution in [0.25, 0.3) is 0 Å². The van der Waals surface area contributed by atoms with Crippen LogP contribution in [-0.4, -0.2) is 52.8 Å². The highest BCUT2D eigenvalue weighted by atomic mass is 16.5. The van der Waals surface area contributed by atoms with Crippen molar-refractivity contribution in [1.29, 1.82) is 0 Å². The molecule has 2 aliphatic rings. The zero-order chi connectivity index (χ0) is 19.1. The minimum atomic E-state index is -0.412. The van der Waals surface area contributed by atoms with E-state index < -0.39 is 5.91 Å². The number of hydrogen-bond donors (Lipinski definition) is 0. The van der Waals surface area contributed by atoms with Crippen LogP contribution in [0.2, 0.25) is 0 Å². The highest BCUT2D eigenvalue weighted by Gasteiger charge is 2.37. The molecule has 2 aliphatic heterocycles. The molecule has 7 nitrogen and oxygen atoms in total. The Balaban J connectivity index is 1.58. The van der Waals surface area contributed by atoms with E-state index in [0.29, 0.717) is 30.0 Å². The van der Waals surface area contributed by atoms with Gasteiger partial charge >= 0.3 is 0 Å². The molecule has 0 bridgehead atoms. The number of morpholine rings is 1. The summed E-state index contributed by atoms with van der Waals surface area (Å²) >= 11 is 0. The first kappa shape index (κ1) is 17.5. The van der Waals surface area contributed by atoms with Crippen molar-refractivity contribution in [2.24, 2.45) is 0 Å². The molecule has 0 saturated carbocycles. The topological polar surface area (TPSA) is 80.1 Å². The Kier molecular flexibility index (Phi) is 4.31. The molecule has 0 N–H and O–H groups in total. The van der Waals surface area contributed by atoms with Gasteiger partial charge in [-0.05, 0) is 44.2 Å². The number of imide groups is 1. The third kappa shape index (κ3) is 3.14. The highest BCUT2D eigenvalue weighted by molar-refractivity contribution is 6.22. The second-order valence-electron chi connectivity index (χ2n) is 7.00. The number of ether oxygens (including phenoxy) is 1. The van der Waals surface area contributed by atoms with E-state index in [1.165, 1.54) is 12.3 Å². The van der Waals surface area contributed by atoms with E-state index in [4.69, 9.17) is 9.15 Å². The molecule has 2 aromatic rings. The van der Waals surface area contributed by atoms with Crippen molar-refractivity contribution < 1.29 is 23.5 Å². The number of amides is 3. The number of carbonyl (C=O) groups is 3. The number of fused-ring (bicyclic) bond motifs is 1. The average molecular weight is 368 g/mol. The van der Waals surface area contributed by atoms with E-state index >= 15 is 0 Å². The van der Waals surface area contributed by atoms with Crippen LogP contribution in [0, 0.1) is 0 Å². The van der Waals surface area contributed by atoms with Crippen molar-refractivity contribution in [1.82, 2.24) is 9.80 Å². The van der Waals surface area contributed by atoms with Gasteiger partial charge in [0.15, 0.2) is 0 Å². The first-order valence-electron chi connectivity index (χ1n) is 8.91. The summed E-state index contributed by atoms with van der Waals surface area (Å²) in [6.45, 7) is 4.91. The lowest BCUT2D eigenvalue weighted by Crippen LogP contribution is -2.48. The van der Waals surface area contributed by atoms with Crippen LogP contribution in [0.1, 0.15) is 50.7 Å². The number of benzene rings is 1. The lowest BCUT2D eigenvalue weighted by molar-refractivity contribution is -0.0586. The molecule has 1 saturated heterocycles. The fraction of sp³-hybridized carbons (Fsp3) is 0.350. The van der Waals surface area contributed by atoms with Crippen molar-refractivity contribution in [3.8, 4) is 0 Å². The molecule has 0 spiro atoms. The van der Waals surface area contributed by atoms with Gasteiger partial charge in [0, 0.05) is 18.7 Å². The lowest BCUT2D eigenvalue weighted by Gasteiger charge is -2.35. The molecule has 0 radical (unpaired) electrons. The predicted molar refractivity (Wildman–Crippen MR) is 95.3 cm³/mol. The lowest BCUT2D eigenvalue weighted by atomic mass is 10.0. The van der Waals surface area contributed by atoms with Crippen molar-refractivity contribution >= 4 is 17.7 Å². The molecule has 1 fully saturated rings. The van der Waals surface area contributed by atoms with Crippen LogP contribution >= 0.6 is 0 Å². The van der Waals surface area contributed by atoms with Gasteiger partial charge in [-0.25, -0.2) is 0 Å². The van der Waals surface area contributed by atoms with Gasteiger partial charge in [0.2, 0.25) is 0 Å². The quantitative estimate of drug-likeness (QED) is 0.777. The second-order valence-corrected chi connectivity index (χ2v) is 7.00. The Labute approximate surface area is 156 Å². The van der Waals surface area contributed by atoms with Crippen molar-refractivity contribution in [2.75, 3.05) is 13.1 Å². The zero-order valence-electron chi connectivity index (χ0n) is 15.2. The number of hydrogen-bond acceptors (Lipinski definition) is 5. The molecule has 140 valence electrons. The summed E-state index contributed by atoms with van der Waals surface area (Å²) in [5.41, 5.74) is 0.967. The zero-order valence-corrected chi connectivity index (χ0v) is 15.2. The molecule has 7 heteroatoms. The second kappa shape index (κ2) is 6.66. The van der Waals surface area contributed by atoms with Crippen LogP contribution in [-0.2, 0) is 11.3 Å². The number of furan rings is 1. The smallest absolute Gasteiger partial charge is 0.261 e. The van der Waals surface area contributed by atoms with Crippen molar-refractivity contribution in [2.45, 2.75) is 32.6 Å². The van der Waals surface area contributed by atoms with E-state index in [1.807, 2.05) is 13.8 Å². The summed E-state index contributed by atoms with van der Waals surface area (Å²) in [5.74, 6) is -0.426. The maximum absolute atomic E-state index is 12.9. The van der Waals surface area contributed by atoms with E-state index in [0.717, 1.165) is 4.90 Å². The molecule has 27 heavy (non-hydrogen) atoms. The first-order chi connectivity index (χ1) is 12.9. The monoisotopic (exact) mass is 368 g/mol. The molecule has 3 amide bonds. The molecular formula is C20H20N2O5. The van der Waals surface area contributed by atoms with Gasteiger partial charge in [-0.2, -0.15) is 0 Å². The molecule has 1 aromatic heterocycles. The highest BCUT2D eigenvalue weighted by Crippen LogP contribution is 2.26. The maximum atomic E-state index is 12.9. The summed E-state index contributed by atoms with van der Waals surface area (Å²) in [6, 6.07) is 8.09. The molecule has 0 aliphatic carbocycles. The van der Waals surface area contributed by atoms with Crippen molar-refractivity contribution in [3.63, 3.8) is 0 Å². The number of carbonyl (C=O) groups excluding carboxylic acids is 3. The normalized spacial score (nSPS) is 22.3. The van der Waals surface area contributed by atoms with Gasteiger partial charge in [-0.15, -0.1) is 0 Å². The fourth-order valence-corrected chi connectivity index (χ4v) is 3.65. The summed E-state index contributed by atoms with van der Waals surface area (Å²) < 4.78 is 10.9. The molecule has 0 unspecified atom stereocenters. The van der Waals surface area contributed by atoms with E-state index in [9.17, 15) is 14.4 Å². The molecule has 3 heterocycles. The molecule has 4 rings (SSSR count). The van der Waals surface area contributed by atoms with Gasteiger partial charge in [0.05, 0.1) is 36.1 Å². The SMILES string of the molecule is C[C@H]1CN(C(=O)c2ccc3c(c2)C(=O)N(Cc2ccco2)C3=O)C[C@H](C)O1. The van der Waals surface area contributed by atoms with Gasteiger partial charge in [0.1, 0.15) is 5.76 Å². The number of nitrogens with zero attached hydrogens (tertiary/aromatic N) is 2. The van der Waals surface area contributed by atoms with Gasteiger partial charge in [-0.1, -0.05) is 0 Å². The molecule has 2 atom stereocenters. The molecular weight excluding hydrogens is 348 g/mol. The standard InChI is InChI=1S/C20H20N2O5/c1-12-9-21(10-13(2)27-12)18(23)14-5-6-16-17(8-14)20(25)22(19(16)24)11-15-4-3-7-26-15/h3-8,12-13H,9-11H2,1-2H3/t12-,13-/m0/s1. The van der Waals surface area contributed by atoms with E-state index in [2.05, 4.69) is 0 Å². The maximum Gasteiger partial charge on any atom is 0.261 e. The Bertz CT molecular complexity index is 895. The van der Waals surface area contributed by atoms with Gasteiger partial charge in [-0.3, -0.25) is 19.3 Å². The molecule has 1 aromatic carbocycles. The first-order valence-corrected chi connectivity index (χ1v) is 8.91. The van der Waals surface area contributed by atoms with E-state index in [1.54, 1.807) is 29.2 Å². The minimum absolute atomic E-state index is 0.0425. The van der Waals surface area contributed by atoms with Gasteiger partial charge < -0.3 is 14.1 Å². The summed E-state index contributed by atoms with van der Waals surface area (Å²) in [4.78, 5) is 41.0.